The molecule has 158 valence electrons. The van der Waals surface area contributed by atoms with Crippen molar-refractivity contribution < 1.29 is 23.6 Å². The molecular formula is C22H25N3O5. The number of amides is 1. The van der Waals surface area contributed by atoms with E-state index in [-0.39, 0.29) is 18.2 Å². The van der Waals surface area contributed by atoms with Gasteiger partial charge >= 0.3 is 5.97 Å². The van der Waals surface area contributed by atoms with E-state index in [9.17, 15) is 9.59 Å². The van der Waals surface area contributed by atoms with Gasteiger partial charge in [-0.3, -0.25) is 10.1 Å². The highest BCUT2D eigenvalue weighted by Crippen LogP contribution is 2.24. The zero-order valence-corrected chi connectivity index (χ0v) is 17.5. The van der Waals surface area contributed by atoms with E-state index in [4.69, 9.17) is 14.0 Å². The van der Waals surface area contributed by atoms with Crippen LogP contribution in [0.1, 0.15) is 44.6 Å². The average molecular weight is 411 g/mol. The fourth-order valence-corrected chi connectivity index (χ4v) is 3.13. The van der Waals surface area contributed by atoms with Crippen LogP contribution in [0.5, 0.6) is 0 Å². The van der Waals surface area contributed by atoms with Gasteiger partial charge in [0.15, 0.2) is 0 Å². The van der Waals surface area contributed by atoms with Crippen molar-refractivity contribution in [3.8, 4) is 11.3 Å². The van der Waals surface area contributed by atoms with Crippen molar-refractivity contribution in [1.82, 2.24) is 10.1 Å². The minimum atomic E-state index is -0.505. The molecule has 0 bridgehead atoms. The second kappa shape index (κ2) is 9.41. The molecule has 0 spiro atoms. The minimum absolute atomic E-state index is 0.140. The number of benzene rings is 1. The van der Waals surface area contributed by atoms with Crippen LogP contribution < -0.4 is 5.32 Å². The largest absolute Gasteiger partial charge is 0.460 e. The second-order valence-electron chi connectivity index (χ2n) is 6.83. The van der Waals surface area contributed by atoms with Crippen molar-refractivity contribution in [2.24, 2.45) is 0 Å². The lowest BCUT2D eigenvalue weighted by Crippen LogP contribution is -2.14. The summed E-state index contributed by atoms with van der Waals surface area (Å²) in [4.78, 5) is 28.0. The lowest BCUT2D eigenvalue weighted by molar-refractivity contribution is 0.0387. The monoisotopic (exact) mass is 411 g/mol. The number of aromatic amines is 1. The van der Waals surface area contributed by atoms with Crippen molar-refractivity contribution in [2.75, 3.05) is 25.6 Å². The van der Waals surface area contributed by atoms with Gasteiger partial charge in [-0.05, 0) is 31.4 Å². The Kier molecular flexibility index (Phi) is 6.68. The summed E-state index contributed by atoms with van der Waals surface area (Å²) < 4.78 is 15.3. The molecule has 0 aliphatic heterocycles. The van der Waals surface area contributed by atoms with Gasteiger partial charge in [-0.1, -0.05) is 36.3 Å². The Bertz CT molecular complexity index is 1030. The van der Waals surface area contributed by atoms with E-state index in [2.05, 4.69) is 22.4 Å². The first-order chi connectivity index (χ1) is 14.4. The quantitative estimate of drug-likeness (QED) is 0.430. The third-order valence-electron chi connectivity index (χ3n) is 4.79. The molecule has 8 heteroatoms. The molecule has 0 radical (unpaired) electrons. The molecule has 2 N–H and O–H groups in total. The Labute approximate surface area is 174 Å². The zero-order chi connectivity index (χ0) is 21.7. The number of aryl methyl sites for hydroxylation is 2. The third kappa shape index (κ3) is 4.60. The van der Waals surface area contributed by atoms with Crippen LogP contribution in [-0.4, -0.2) is 42.3 Å². The maximum atomic E-state index is 12.7. The van der Waals surface area contributed by atoms with E-state index in [1.807, 2.05) is 24.3 Å². The molecule has 0 unspecified atom stereocenters. The van der Waals surface area contributed by atoms with E-state index >= 15 is 0 Å². The van der Waals surface area contributed by atoms with Crippen molar-refractivity contribution in [1.29, 1.82) is 0 Å². The van der Waals surface area contributed by atoms with Gasteiger partial charge < -0.3 is 19.0 Å². The number of nitrogens with zero attached hydrogens (tertiary/aromatic N) is 1. The van der Waals surface area contributed by atoms with E-state index in [0.717, 1.165) is 12.0 Å². The van der Waals surface area contributed by atoms with Crippen molar-refractivity contribution in [2.45, 2.75) is 27.2 Å². The van der Waals surface area contributed by atoms with Crippen LogP contribution in [-0.2, 0) is 15.9 Å². The number of H-pyrrole nitrogens is 1. The first kappa shape index (κ1) is 21.3. The van der Waals surface area contributed by atoms with Gasteiger partial charge in [0.25, 0.3) is 5.91 Å². The molecule has 8 nitrogen and oxygen atoms in total. The van der Waals surface area contributed by atoms with Crippen LogP contribution in [0.2, 0.25) is 0 Å². The SMILES string of the molecule is CCc1ccc(-c2cc(NC(=O)c3[nH]c(C)c(C(=O)OCCOC)c3C)on2)cc1. The number of rotatable bonds is 8. The van der Waals surface area contributed by atoms with E-state index < -0.39 is 11.9 Å². The fraction of sp³-hybridized carbons (Fsp3) is 0.318. The Morgan fingerprint density at radius 3 is 2.57 bits per heavy atom. The first-order valence-electron chi connectivity index (χ1n) is 9.67. The standard InChI is InChI=1S/C22H25N3O5/c1-5-15-6-8-16(9-7-15)17-12-18(30-25-17)24-21(26)20-13(2)19(14(3)23-20)22(27)29-11-10-28-4/h6-9,12,23H,5,10-11H2,1-4H3,(H,24,26). The molecular weight excluding hydrogens is 386 g/mol. The number of nitrogens with one attached hydrogen (secondary N) is 2. The second-order valence-corrected chi connectivity index (χ2v) is 6.83. The van der Waals surface area contributed by atoms with Crippen LogP contribution in [0, 0.1) is 13.8 Å². The molecule has 2 heterocycles. The first-order valence-corrected chi connectivity index (χ1v) is 9.67. The highest BCUT2D eigenvalue weighted by Gasteiger charge is 2.23. The van der Waals surface area contributed by atoms with Gasteiger partial charge in [-0.15, -0.1) is 0 Å². The van der Waals surface area contributed by atoms with Crippen molar-refractivity contribution in [3.63, 3.8) is 0 Å². The van der Waals surface area contributed by atoms with Gasteiger partial charge in [0.2, 0.25) is 5.88 Å². The number of hydrogen-bond donors (Lipinski definition) is 2. The molecule has 0 atom stereocenters. The van der Waals surface area contributed by atoms with E-state index in [1.165, 1.54) is 12.7 Å². The van der Waals surface area contributed by atoms with Gasteiger partial charge in [0.05, 0.1) is 12.2 Å². The normalized spacial score (nSPS) is 10.8. The Balaban J connectivity index is 1.73. The van der Waals surface area contributed by atoms with E-state index in [1.54, 1.807) is 19.9 Å². The number of carbonyl (C=O) groups excluding carboxylic acids is 2. The summed E-state index contributed by atoms with van der Waals surface area (Å²) in [6, 6.07) is 9.63. The summed E-state index contributed by atoms with van der Waals surface area (Å²) in [5.41, 5.74) is 4.39. The summed E-state index contributed by atoms with van der Waals surface area (Å²) >= 11 is 0. The number of carbonyl (C=O) groups is 2. The molecule has 0 aliphatic carbocycles. The third-order valence-corrected chi connectivity index (χ3v) is 4.79. The highest BCUT2D eigenvalue weighted by molar-refractivity contribution is 6.06. The predicted molar refractivity (Wildman–Crippen MR) is 112 cm³/mol. The van der Waals surface area contributed by atoms with Gasteiger partial charge in [-0.25, -0.2) is 4.79 Å². The van der Waals surface area contributed by atoms with Crippen LogP contribution in [0.25, 0.3) is 11.3 Å². The average Bonchev–Trinajstić information content (AvgIpc) is 3.32. The topological polar surface area (TPSA) is 106 Å². The molecule has 0 saturated heterocycles. The molecule has 2 aromatic heterocycles. The van der Waals surface area contributed by atoms with Crippen molar-refractivity contribution in [3.05, 3.63) is 58.4 Å². The zero-order valence-electron chi connectivity index (χ0n) is 17.5. The number of anilines is 1. The smallest absolute Gasteiger partial charge is 0.340 e. The lowest BCUT2D eigenvalue weighted by atomic mass is 10.1. The molecule has 1 amide bonds. The minimum Gasteiger partial charge on any atom is -0.460 e. The molecule has 3 rings (SSSR count). The van der Waals surface area contributed by atoms with Gasteiger partial charge in [0.1, 0.15) is 18.0 Å². The van der Waals surface area contributed by atoms with E-state index in [0.29, 0.717) is 29.1 Å². The van der Waals surface area contributed by atoms with Crippen molar-refractivity contribution >= 4 is 17.8 Å². The van der Waals surface area contributed by atoms with Gasteiger partial charge in [-0.2, -0.15) is 0 Å². The number of methoxy groups -OCH3 is 1. The molecule has 0 saturated carbocycles. The maximum Gasteiger partial charge on any atom is 0.340 e. The molecule has 3 aromatic rings. The summed E-state index contributed by atoms with van der Waals surface area (Å²) in [6.45, 7) is 5.93. The summed E-state index contributed by atoms with van der Waals surface area (Å²) in [5.74, 6) is -0.726. The summed E-state index contributed by atoms with van der Waals surface area (Å²) in [7, 11) is 1.53. The molecule has 0 fully saturated rings. The lowest BCUT2D eigenvalue weighted by Gasteiger charge is -2.05. The molecule has 1 aromatic carbocycles. The fourth-order valence-electron chi connectivity index (χ4n) is 3.13. The van der Waals surface area contributed by atoms with Gasteiger partial charge in [0, 0.05) is 24.4 Å². The van der Waals surface area contributed by atoms with Crippen LogP contribution in [0.3, 0.4) is 0 Å². The maximum absolute atomic E-state index is 12.7. The number of hydrogen-bond acceptors (Lipinski definition) is 6. The molecule has 0 aliphatic rings. The van der Waals surface area contributed by atoms with Crippen LogP contribution in [0.15, 0.2) is 34.9 Å². The molecule has 30 heavy (non-hydrogen) atoms. The Hall–Kier alpha value is -3.39. The number of ether oxygens (including phenoxy) is 2. The number of esters is 1. The highest BCUT2D eigenvalue weighted by atomic mass is 16.6. The Morgan fingerprint density at radius 2 is 1.90 bits per heavy atom. The predicted octanol–water partition coefficient (Wildman–Crippen LogP) is 3.90. The van der Waals surface area contributed by atoms with Crippen LogP contribution >= 0.6 is 0 Å². The Morgan fingerprint density at radius 1 is 1.17 bits per heavy atom. The van der Waals surface area contributed by atoms with Crippen LogP contribution in [0.4, 0.5) is 5.88 Å². The summed E-state index contributed by atoms with van der Waals surface area (Å²) in [5, 5.41) is 6.69. The number of aromatic nitrogens is 2. The summed E-state index contributed by atoms with van der Waals surface area (Å²) in [6.07, 6.45) is 0.956.